The average molecular weight is 523 g/mol. The molecule has 1 aliphatic heterocycles. The molecule has 8 heteroatoms. The van der Waals surface area contributed by atoms with Gasteiger partial charge in [-0.25, -0.2) is 19.2 Å². The summed E-state index contributed by atoms with van der Waals surface area (Å²) in [5, 5.41) is 22.4. The second-order valence-electron chi connectivity index (χ2n) is 9.85. The van der Waals surface area contributed by atoms with E-state index in [1.165, 1.54) is 0 Å². The van der Waals surface area contributed by atoms with Crippen molar-refractivity contribution < 1.29 is 9.84 Å². The third-order valence-electron chi connectivity index (χ3n) is 7.50. The molecular weight excluding hydrogens is 500 g/mol. The number of aromatic hydroxyl groups is 1. The number of phenolic OH excluding ortho intramolecular Hbond substituents is 1. The quantitative estimate of drug-likeness (QED) is 0.288. The van der Waals surface area contributed by atoms with Crippen LogP contribution in [0.4, 0.5) is 0 Å². The summed E-state index contributed by atoms with van der Waals surface area (Å²) < 4.78 is 9.99. The van der Waals surface area contributed by atoms with Crippen LogP contribution >= 0.6 is 0 Å². The summed E-state index contributed by atoms with van der Waals surface area (Å²) in [4.78, 5) is 9.63. The van der Waals surface area contributed by atoms with Crippen LogP contribution in [-0.2, 0) is 0 Å². The number of aryl methyl sites for hydroxylation is 1. The first-order chi connectivity index (χ1) is 19.7. The summed E-state index contributed by atoms with van der Waals surface area (Å²) in [6.45, 7) is 2.00. The summed E-state index contributed by atoms with van der Waals surface area (Å²) in [5.41, 5.74) is 5.74. The third-order valence-corrected chi connectivity index (χ3v) is 7.50. The summed E-state index contributed by atoms with van der Waals surface area (Å²) >= 11 is 0. The minimum absolute atomic E-state index is 0.147. The van der Waals surface area contributed by atoms with Crippen molar-refractivity contribution >= 4 is 16.4 Å². The number of fused-ring (bicyclic) bond motifs is 5. The van der Waals surface area contributed by atoms with Crippen LogP contribution in [0.5, 0.6) is 17.5 Å². The van der Waals surface area contributed by atoms with Gasteiger partial charge in [-0.3, -0.25) is 0 Å². The van der Waals surface area contributed by atoms with Crippen LogP contribution in [0.25, 0.3) is 33.5 Å². The molecule has 1 atom stereocenters. The third kappa shape index (κ3) is 3.26. The van der Waals surface area contributed by atoms with E-state index < -0.39 is 0 Å². The van der Waals surface area contributed by atoms with Crippen LogP contribution in [0.3, 0.4) is 0 Å². The highest BCUT2D eigenvalue weighted by Gasteiger charge is 2.38. The van der Waals surface area contributed by atoms with Crippen molar-refractivity contribution in [2.45, 2.75) is 12.8 Å². The summed E-state index contributed by atoms with van der Waals surface area (Å²) in [5.74, 6) is 1.40. The molecule has 8 rings (SSSR count). The summed E-state index contributed by atoms with van der Waals surface area (Å²) in [6, 6.07) is 31.7. The molecule has 3 aromatic heterocycles. The number of para-hydroxylation sites is 1. The van der Waals surface area contributed by atoms with Crippen molar-refractivity contribution in [3.8, 4) is 34.6 Å². The molecule has 0 bridgehead atoms. The Bertz CT molecular complexity index is 2060. The van der Waals surface area contributed by atoms with Crippen LogP contribution < -0.4 is 4.74 Å². The van der Waals surface area contributed by atoms with Crippen LogP contribution in [-0.4, -0.2) is 34.5 Å². The minimum Gasteiger partial charge on any atom is -0.507 e. The van der Waals surface area contributed by atoms with Gasteiger partial charge in [0.15, 0.2) is 11.5 Å². The molecule has 0 saturated heterocycles. The van der Waals surface area contributed by atoms with Crippen LogP contribution in [0, 0.1) is 6.92 Å². The Hall–Kier alpha value is -5.50. The van der Waals surface area contributed by atoms with Gasteiger partial charge in [0.2, 0.25) is 11.8 Å². The fourth-order valence-electron chi connectivity index (χ4n) is 5.65. The second kappa shape index (κ2) is 8.51. The Morgan fingerprint density at radius 2 is 1.55 bits per heavy atom. The predicted molar refractivity (Wildman–Crippen MR) is 151 cm³/mol. The predicted octanol–water partition coefficient (Wildman–Crippen LogP) is 6.43. The van der Waals surface area contributed by atoms with E-state index in [0.29, 0.717) is 28.8 Å². The molecule has 192 valence electrons. The van der Waals surface area contributed by atoms with Gasteiger partial charge in [0, 0.05) is 5.39 Å². The number of aromatic nitrogens is 6. The van der Waals surface area contributed by atoms with Crippen LogP contribution in [0.1, 0.15) is 28.3 Å². The fraction of sp³-hybridized carbons (Fsp3) is 0.0625. The van der Waals surface area contributed by atoms with Gasteiger partial charge in [0.1, 0.15) is 12.1 Å². The second-order valence-corrected chi connectivity index (χ2v) is 9.85. The zero-order valence-electron chi connectivity index (χ0n) is 21.4. The fourth-order valence-corrected chi connectivity index (χ4v) is 5.65. The van der Waals surface area contributed by atoms with Gasteiger partial charge >= 0.3 is 0 Å². The highest BCUT2D eigenvalue weighted by atomic mass is 16.5. The molecule has 0 radical (unpaired) electrons. The smallest absolute Gasteiger partial charge is 0.230 e. The molecule has 8 nitrogen and oxygen atoms in total. The first-order valence-electron chi connectivity index (χ1n) is 13.0. The van der Waals surface area contributed by atoms with Gasteiger partial charge in [0.25, 0.3) is 0 Å². The first kappa shape index (κ1) is 22.5. The standard InChI is InChI=1S/C32H22N6O2/c1-19-25-26(21-11-4-2-5-12-21)27-30-34-29(24-17-16-20-10-8-9-15-23(20)28(24)39)36-37(30)18-33-31(27)40-32(25)38(35-19)22-13-6-3-7-14-22/h2-18,26,39H,1H3. The van der Waals surface area contributed by atoms with Crippen molar-refractivity contribution in [1.29, 1.82) is 0 Å². The molecule has 1 N–H and O–H groups in total. The molecule has 0 aliphatic carbocycles. The van der Waals surface area contributed by atoms with E-state index >= 15 is 0 Å². The molecular formula is C32H22N6O2. The topological polar surface area (TPSA) is 90.4 Å². The zero-order chi connectivity index (χ0) is 26.8. The maximum atomic E-state index is 11.1. The van der Waals surface area contributed by atoms with E-state index in [4.69, 9.17) is 19.9 Å². The molecule has 1 unspecified atom stereocenters. The van der Waals surface area contributed by atoms with Crippen molar-refractivity contribution in [2.75, 3.05) is 0 Å². The Kier molecular flexibility index (Phi) is 4.78. The normalized spacial score (nSPS) is 14.2. The van der Waals surface area contributed by atoms with Gasteiger partial charge in [-0.15, -0.1) is 5.10 Å². The van der Waals surface area contributed by atoms with Crippen molar-refractivity contribution in [1.82, 2.24) is 29.4 Å². The minimum atomic E-state index is -0.240. The molecule has 0 amide bonds. The lowest BCUT2D eigenvalue weighted by Crippen LogP contribution is -2.16. The van der Waals surface area contributed by atoms with Crippen molar-refractivity contribution in [3.63, 3.8) is 0 Å². The monoisotopic (exact) mass is 522 g/mol. The van der Waals surface area contributed by atoms with Crippen molar-refractivity contribution in [3.05, 3.63) is 126 Å². The van der Waals surface area contributed by atoms with Gasteiger partial charge < -0.3 is 9.84 Å². The van der Waals surface area contributed by atoms with Crippen LogP contribution in [0.15, 0.2) is 103 Å². The maximum absolute atomic E-state index is 11.1. The van der Waals surface area contributed by atoms with Gasteiger partial charge in [0.05, 0.1) is 34.0 Å². The Morgan fingerprint density at radius 1 is 0.800 bits per heavy atom. The number of ether oxygens (including phenoxy) is 1. The molecule has 40 heavy (non-hydrogen) atoms. The first-order valence-corrected chi connectivity index (χ1v) is 13.0. The number of rotatable bonds is 3. The Balaban J connectivity index is 1.37. The highest BCUT2D eigenvalue weighted by molar-refractivity contribution is 5.93. The number of phenols is 1. The van der Waals surface area contributed by atoms with Crippen LogP contribution in [0.2, 0.25) is 0 Å². The summed E-state index contributed by atoms with van der Waals surface area (Å²) in [7, 11) is 0. The molecule has 7 aromatic rings. The lowest BCUT2D eigenvalue weighted by atomic mass is 9.84. The van der Waals surface area contributed by atoms with Gasteiger partial charge in [-0.05, 0) is 36.1 Å². The van der Waals surface area contributed by atoms with Gasteiger partial charge in [-0.2, -0.15) is 5.10 Å². The van der Waals surface area contributed by atoms with E-state index in [0.717, 1.165) is 38.8 Å². The molecule has 0 fully saturated rings. The Labute approximate surface area is 228 Å². The van der Waals surface area contributed by atoms with E-state index in [1.54, 1.807) is 10.8 Å². The van der Waals surface area contributed by atoms with E-state index in [-0.39, 0.29) is 11.7 Å². The highest BCUT2D eigenvalue weighted by Crippen LogP contribution is 2.50. The molecule has 4 heterocycles. The average Bonchev–Trinajstić information content (AvgIpc) is 3.58. The van der Waals surface area contributed by atoms with Crippen molar-refractivity contribution in [2.24, 2.45) is 0 Å². The lowest BCUT2D eigenvalue weighted by molar-refractivity contribution is 0.402. The van der Waals surface area contributed by atoms with E-state index in [2.05, 4.69) is 17.1 Å². The van der Waals surface area contributed by atoms with Gasteiger partial charge in [-0.1, -0.05) is 78.9 Å². The number of nitrogens with zero attached hydrogens (tertiary/aromatic N) is 6. The number of benzene rings is 4. The SMILES string of the molecule is Cc1nn(-c2ccccc2)c2c1C(c1ccccc1)c1c(ncn3nc(-c4ccc5ccccc5c4O)nc13)O2. The largest absolute Gasteiger partial charge is 0.507 e. The molecule has 1 aliphatic rings. The molecule has 0 saturated carbocycles. The van der Waals surface area contributed by atoms with E-state index in [9.17, 15) is 5.11 Å². The zero-order valence-corrected chi connectivity index (χ0v) is 21.4. The lowest BCUT2D eigenvalue weighted by Gasteiger charge is -2.26. The number of hydrogen-bond acceptors (Lipinski definition) is 6. The number of hydrogen-bond donors (Lipinski definition) is 1. The molecule has 4 aromatic carbocycles. The maximum Gasteiger partial charge on any atom is 0.230 e. The summed E-state index contributed by atoms with van der Waals surface area (Å²) in [6.07, 6.45) is 1.60. The molecule has 0 spiro atoms. The Morgan fingerprint density at radius 3 is 2.38 bits per heavy atom. The van der Waals surface area contributed by atoms with E-state index in [1.807, 2.05) is 96.5 Å².